The van der Waals surface area contributed by atoms with Gasteiger partial charge in [-0.3, -0.25) is 4.79 Å². The van der Waals surface area contributed by atoms with Gasteiger partial charge >= 0.3 is 0 Å². The van der Waals surface area contributed by atoms with E-state index in [2.05, 4.69) is 15.4 Å². The standard InChI is InChI=1S/C21H17ClN4O2/c1-28-21-10-9-19-23-18(13-26(19)25-21)15-7-8-16(22)17(12-15)24-20(27)11-14-5-3-2-4-6-14/h2-10,12-13H,11H2,1H3,(H,24,27). The Bertz CT molecular complexity index is 1140. The Morgan fingerprint density at radius 3 is 2.75 bits per heavy atom. The maximum absolute atomic E-state index is 12.4. The molecule has 2 heterocycles. The van der Waals surface area contributed by atoms with Crippen molar-refractivity contribution in [2.45, 2.75) is 6.42 Å². The Morgan fingerprint density at radius 1 is 1.14 bits per heavy atom. The van der Waals surface area contributed by atoms with E-state index >= 15 is 0 Å². The number of methoxy groups -OCH3 is 1. The third-order valence-electron chi connectivity index (χ3n) is 4.25. The summed E-state index contributed by atoms with van der Waals surface area (Å²) < 4.78 is 6.79. The molecule has 0 saturated heterocycles. The predicted octanol–water partition coefficient (Wildman–Crippen LogP) is 4.24. The summed E-state index contributed by atoms with van der Waals surface area (Å²) in [5.74, 6) is 0.369. The number of rotatable bonds is 5. The number of ether oxygens (including phenoxy) is 1. The molecule has 0 saturated carbocycles. The second-order valence-electron chi connectivity index (χ2n) is 6.21. The van der Waals surface area contributed by atoms with Crippen LogP contribution in [0.3, 0.4) is 0 Å². The van der Waals surface area contributed by atoms with Crippen molar-refractivity contribution >= 4 is 28.8 Å². The molecule has 0 radical (unpaired) electrons. The highest BCUT2D eigenvalue weighted by molar-refractivity contribution is 6.33. The number of nitrogens with zero attached hydrogens (tertiary/aromatic N) is 3. The average Bonchev–Trinajstić information content (AvgIpc) is 3.13. The second-order valence-corrected chi connectivity index (χ2v) is 6.62. The van der Waals surface area contributed by atoms with Crippen molar-refractivity contribution < 1.29 is 9.53 Å². The van der Waals surface area contributed by atoms with Crippen molar-refractivity contribution in [1.29, 1.82) is 0 Å². The van der Waals surface area contributed by atoms with Crippen LogP contribution in [-0.2, 0) is 11.2 Å². The van der Waals surface area contributed by atoms with Gasteiger partial charge < -0.3 is 10.1 Å². The van der Waals surface area contributed by atoms with Gasteiger partial charge in [0, 0.05) is 11.6 Å². The SMILES string of the molecule is COc1ccc2nc(-c3ccc(Cl)c(NC(=O)Cc4ccccc4)c3)cn2n1. The molecule has 140 valence electrons. The molecule has 4 aromatic rings. The average molecular weight is 393 g/mol. The zero-order valence-electron chi connectivity index (χ0n) is 15.1. The van der Waals surface area contributed by atoms with Gasteiger partial charge in [0.1, 0.15) is 0 Å². The van der Waals surface area contributed by atoms with Gasteiger partial charge in [-0.2, -0.15) is 0 Å². The lowest BCUT2D eigenvalue weighted by molar-refractivity contribution is -0.115. The largest absolute Gasteiger partial charge is 0.480 e. The van der Waals surface area contributed by atoms with Crippen LogP contribution in [-0.4, -0.2) is 27.6 Å². The fourth-order valence-corrected chi connectivity index (χ4v) is 3.03. The molecule has 2 aromatic carbocycles. The maximum atomic E-state index is 12.4. The molecular formula is C21H17ClN4O2. The minimum absolute atomic E-state index is 0.133. The minimum atomic E-state index is -0.133. The van der Waals surface area contributed by atoms with Gasteiger partial charge in [0.15, 0.2) is 5.65 Å². The van der Waals surface area contributed by atoms with Crippen molar-refractivity contribution in [3.8, 4) is 17.1 Å². The van der Waals surface area contributed by atoms with Crippen LogP contribution in [0.5, 0.6) is 5.88 Å². The molecular weight excluding hydrogens is 376 g/mol. The van der Waals surface area contributed by atoms with E-state index in [-0.39, 0.29) is 12.3 Å². The zero-order chi connectivity index (χ0) is 19.5. The summed E-state index contributed by atoms with van der Waals surface area (Å²) in [4.78, 5) is 16.9. The van der Waals surface area contributed by atoms with Gasteiger partial charge in [-0.25, -0.2) is 9.50 Å². The summed E-state index contributed by atoms with van der Waals surface area (Å²) >= 11 is 6.28. The number of fused-ring (bicyclic) bond motifs is 1. The number of hydrogen-bond acceptors (Lipinski definition) is 4. The molecule has 0 fully saturated rings. The number of carbonyl (C=O) groups is 1. The van der Waals surface area contributed by atoms with E-state index < -0.39 is 0 Å². The Morgan fingerprint density at radius 2 is 1.96 bits per heavy atom. The lowest BCUT2D eigenvalue weighted by Crippen LogP contribution is -2.14. The second kappa shape index (κ2) is 7.70. The first-order chi connectivity index (χ1) is 13.6. The van der Waals surface area contributed by atoms with E-state index in [1.807, 2.05) is 48.5 Å². The lowest BCUT2D eigenvalue weighted by Gasteiger charge is -2.09. The molecule has 0 unspecified atom stereocenters. The molecule has 28 heavy (non-hydrogen) atoms. The number of halogens is 1. The molecule has 0 aliphatic rings. The van der Waals surface area contributed by atoms with Crippen molar-refractivity contribution in [2.75, 3.05) is 12.4 Å². The van der Waals surface area contributed by atoms with Crippen molar-refractivity contribution in [1.82, 2.24) is 14.6 Å². The van der Waals surface area contributed by atoms with Crippen LogP contribution >= 0.6 is 11.6 Å². The quantitative estimate of drug-likeness (QED) is 0.551. The number of nitrogens with one attached hydrogen (secondary N) is 1. The number of hydrogen-bond donors (Lipinski definition) is 1. The molecule has 0 aliphatic heterocycles. The van der Waals surface area contributed by atoms with Crippen molar-refractivity contribution in [2.24, 2.45) is 0 Å². The fraction of sp³-hybridized carbons (Fsp3) is 0.0952. The van der Waals surface area contributed by atoms with Crippen LogP contribution < -0.4 is 10.1 Å². The first-order valence-corrected chi connectivity index (χ1v) is 9.04. The van der Waals surface area contributed by atoms with Gasteiger partial charge in [0.25, 0.3) is 0 Å². The van der Waals surface area contributed by atoms with Gasteiger partial charge in [-0.1, -0.05) is 48.0 Å². The van der Waals surface area contributed by atoms with Crippen LogP contribution in [0.4, 0.5) is 5.69 Å². The summed E-state index contributed by atoms with van der Waals surface area (Å²) in [7, 11) is 1.57. The van der Waals surface area contributed by atoms with E-state index in [9.17, 15) is 4.79 Å². The van der Waals surface area contributed by atoms with Gasteiger partial charge in [0.2, 0.25) is 11.8 Å². The summed E-state index contributed by atoms with van der Waals surface area (Å²) in [6.45, 7) is 0. The van der Waals surface area contributed by atoms with E-state index in [1.165, 1.54) is 0 Å². The molecule has 1 amide bonds. The molecule has 4 rings (SSSR count). The number of anilines is 1. The van der Waals surface area contributed by atoms with Crippen LogP contribution in [0.15, 0.2) is 66.9 Å². The Labute approximate surface area is 166 Å². The number of carbonyl (C=O) groups excluding carboxylic acids is 1. The zero-order valence-corrected chi connectivity index (χ0v) is 15.8. The molecule has 0 atom stereocenters. The fourth-order valence-electron chi connectivity index (χ4n) is 2.87. The molecule has 2 aromatic heterocycles. The highest BCUT2D eigenvalue weighted by atomic mass is 35.5. The molecule has 0 spiro atoms. The number of aromatic nitrogens is 3. The van der Waals surface area contributed by atoms with Crippen molar-refractivity contribution in [3.63, 3.8) is 0 Å². The van der Waals surface area contributed by atoms with E-state index in [4.69, 9.17) is 16.3 Å². The minimum Gasteiger partial charge on any atom is -0.480 e. The van der Waals surface area contributed by atoms with Crippen LogP contribution in [0.2, 0.25) is 5.02 Å². The number of imidazole rings is 1. The third kappa shape index (κ3) is 3.82. The smallest absolute Gasteiger partial charge is 0.231 e. The van der Waals surface area contributed by atoms with E-state index in [1.54, 1.807) is 30.0 Å². The third-order valence-corrected chi connectivity index (χ3v) is 4.58. The molecule has 7 heteroatoms. The summed E-state index contributed by atoms with van der Waals surface area (Å²) in [5.41, 5.74) is 3.72. The molecule has 1 N–H and O–H groups in total. The molecule has 0 bridgehead atoms. The molecule has 6 nitrogen and oxygen atoms in total. The van der Waals surface area contributed by atoms with Crippen LogP contribution in [0, 0.1) is 0 Å². The molecule has 0 aliphatic carbocycles. The lowest BCUT2D eigenvalue weighted by atomic mass is 10.1. The Hall–Kier alpha value is -3.38. The van der Waals surface area contributed by atoms with Crippen LogP contribution in [0.25, 0.3) is 16.9 Å². The van der Waals surface area contributed by atoms with Gasteiger partial charge in [-0.15, -0.1) is 5.10 Å². The summed E-state index contributed by atoms with van der Waals surface area (Å²) in [6, 6.07) is 18.5. The van der Waals surface area contributed by atoms with Gasteiger partial charge in [-0.05, 0) is 23.8 Å². The predicted molar refractivity (Wildman–Crippen MR) is 109 cm³/mol. The maximum Gasteiger partial charge on any atom is 0.231 e. The van der Waals surface area contributed by atoms with E-state index in [0.29, 0.717) is 22.2 Å². The first kappa shape index (κ1) is 18.0. The van der Waals surface area contributed by atoms with E-state index in [0.717, 1.165) is 16.8 Å². The summed E-state index contributed by atoms with van der Waals surface area (Å²) in [5, 5.41) is 7.66. The Balaban J connectivity index is 1.59. The number of amides is 1. The normalized spacial score (nSPS) is 10.8. The summed E-state index contributed by atoms with van der Waals surface area (Å²) in [6.07, 6.45) is 2.08. The highest BCUT2D eigenvalue weighted by Crippen LogP contribution is 2.29. The number of benzene rings is 2. The Kier molecular flexibility index (Phi) is 4.95. The first-order valence-electron chi connectivity index (χ1n) is 8.66. The van der Waals surface area contributed by atoms with Crippen molar-refractivity contribution in [3.05, 3.63) is 77.4 Å². The van der Waals surface area contributed by atoms with Crippen LogP contribution in [0.1, 0.15) is 5.56 Å². The monoisotopic (exact) mass is 392 g/mol. The van der Waals surface area contributed by atoms with Gasteiger partial charge in [0.05, 0.1) is 36.1 Å². The highest BCUT2D eigenvalue weighted by Gasteiger charge is 2.11. The topological polar surface area (TPSA) is 68.5 Å².